The number of nitrogens with zero attached hydrogens (tertiary/aromatic N) is 1. The molecule has 1 fully saturated rings. The molecule has 0 aliphatic carbocycles. The van der Waals surface area contributed by atoms with Gasteiger partial charge in [0.05, 0.1) is 6.04 Å². The van der Waals surface area contributed by atoms with Crippen molar-refractivity contribution in [1.29, 1.82) is 0 Å². The number of alkyl carbamates (subject to hydrolysis) is 1. The molecule has 13 heteroatoms. The van der Waals surface area contributed by atoms with Gasteiger partial charge in [0.1, 0.15) is 18.7 Å². The van der Waals surface area contributed by atoms with Crippen LogP contribution < -0.4 is 26.6 Å². The first-order chi connectivity index (χ1) is 20.6. The van der Waals surface area contributed by atoms with Gasteiger partial charge in [-0.25, -0.2) is 4.79 Å². The van der Waals surface area contributed by atoms with Gasteiger partial charge in [0.25, 0.3) is 5.91 Å². The van der Waals surface area contributed by atoms with Crippen molar-refractivity contribution in [2.24, 2.45) is 11.8 Å². The smallest absolute Gasteiger partial charge is 0.408 e. The lowest BCUT2D eigenvalue weighted by Crippen LogP contribution is -2.59. The summed E-state index contributed by atoms with van der Waals surface area (Å²) in [5.74, 6) is -3.91. The molecule has 0 bridgehead atoms. The number of rotatable bonds is 15. The van der Waals surface area contributed by atoms with Crippen molar-refractivity contribution in [3.63, 3.8) is 0 Å². The number of ketones is 1. The topological polar surface area (TPSA) is 175 Å². The van der Waals surface area contributed by atoms with Crippen molar-refractivity contribution >= 4 is 35.5 Å². The van der Waals surface area contributed by atoms with Crippen molar-refractivity contribution in [1.82, 2.24) is 31.5 Å². The number of nitrogens with one attached hydrogen (secondary N) is 5. The van der Waals surface area contributed by atoms with E-state index in [4.69, 9.17) is 4.74 Å². The summed E-state index contributed by atoms with van der Waals surface area (Å²) in [5, 5.41) is 13.2. The highest BCUT2D eigenvalue weighted by atomic mass is 16.5. The van der Waals surface area contributed by atoms with Crippen LogP contribution in [0.4, 0.5) is 4.79 Å². The van der Waals surface area contributed by atoms with E-state index < -0.39 is 59.2 Å². The molecule has 1 aromatic rings. The second-order valence-electron chi connectivity index (χ2n) is 12.9. The molecule has 44 heavy (non-hydrogen) atoms. The third kappa shape index (κ3) is 12.7. The van der Waals surface area contributed by atoms with Gasteiger partial charge >= 0.3 is 6.09 Å². The van der Waals surface area contributed by atoms with Gasteiger partial charge in [-0.05, 0) is 65.6 Å². The summed E-state index contributed by atoms with van der Waals surface area (Å²) >= 11 is 0. The number of benzene rings is 1. The summed E-state index contributed by atoms with van der Waals surface area (Å²) in [7, 11) is 3.46. The summed E-state index contributed by atoms with van der Waals surface area (Å²) in [6.07, 6.45) is -0.187. The second-order valence-corrected chi connectivity index (χ2v) is 12.9. The lowest BCUT2D eigenvalue weighted by Gasteiger charge is -2.28. The van der Waals surface area contributed by atoms with E-state index in [1.165, 1.54) is 0 Å². The Morgan fingerprint density at radius 3 is 2.11 bits per heavy atom. The van der Waals surface area contributed by atoms with Crippen LogP contribution in [0.5, 0.6) is 0 Å². The first kappa shape index (κ1) is 36.2. The Balaban J connectivity index is 2.19. The van der Waals surface area contributed by atoms with E-state index >= 15 is 0 Å². The van der Waals surface area contributed by atoms with E-state index in [1.54, 1.807) is 51.9 Å². The zero-order valence-corrected chi connectivity index (χ0v) is 26.8. The zero-order valence-electron chi connectivity index (χ0n) is 26.8. The number of hydrogen-bond donors (Lipinski definition) is 5. The average Bonchev–Trinajstić information content (AvgIpc) is 3.33. The number of amides is 5. The number of carbonyl (C=O) groups excluding carboxylic acids is 6. The van der Waals surface area contributed by atoms with Crippen LogP contribution in [0.2, 0.25) is 0 Å². The Morgan fingerprint density at radius 1 is 0.955 bits per heavy atom. The number of ether oxygens (including phenoxy) is 1. The van der Waals surface area contributed by atoms with Crippen LogP contribution in [0.3, 0.4) is 0 Å². The molecule has 2 rings (SSSR count). The fourth-order valence-electron chi connectivity index (χ4n) is 4.66. The monoisotopic (exact) mass is 616 g/mol. The van der Waals surface area contributed by atoms with Crippen LogP contribution in [0.15, 0.2) is 30.3 Å². The van der Waals surface area contributed by atoms with E-state index in [-0.39, 0.29) is 37.8 Å². The molecule has 0 aromatic heterocycles. The molecule has 1 aromatic carbocycles. The minimum absolute atomic E-state index is 0.0125. The second kappa shape index (κ2) is 16.7. The number of carbonyl (C=O) groups is 6. The maximum absolute atomic E-state index is 13.6. The third-order valence-electron chi connectivity index (χ3n) is 6.74. The number of hydrogen-bond acceptors (Lipinski definition) is 8. The molecule has 4 atom stereocenters. The summed E-state index contributed by atoms with van der Waals surface area (Å²) in [6.45, 7) is 9.47. The quantitative estimate of drug-likeness (QED) is 0.180. The molecule has 0 spiro atoms. The molecule has 5 N–H and O–H groups in total. The minimum atomic E-state index is -1.28. The third-order valence-corrected chi connectivity index (χ3v) is 6.74. The largest absolute Gasteiger partial charge is 0.445 e. The van der Waals surface area contributed by atoms with Crippen molar-refractivity contribution in [2.45, 2.75) is 84.2 Å². The number of likely N-dealkylation sites (N-methyl/N-ethyl adjacent to an activating group) is 1. The highest BCUT2D eigenvalue weighted by Gasteiger charge is 2.37. The zero-order chi connectivity index (χ0) is 33.0. The van der Waals surface area contributed by atoms with Crippen LogP contribution >= 0.6 is 0 Å². The highest BCUT2D eigenvalue weighted by Crippen LogP contribution is 2.18. The maximum Gasteiger partial charge on any atom is 0.408 e. The van der Waals surface area contributed by atoms with Crippen LogP contribution in [-0.2, 0) is 35.3 Å². The van der Waals surface area contributed by atoms with Crippen molar-refractivity contribution in [3.05, 3.63) is 35.9 Å². The van der Waals surface area contributed by atoms with Gasteiger partial charge in [0.15, 0.2) is 0 Å². The Bertz CT molecular complexity index is 1170. The summed E-state index contributed by atoms with van der Waals surface area (Å²) in [5.41, 5.74) is 0.0805. The van der Waals surface area contributed by atoms with Gasteiger partial charge in [0, 0.05) is 24.5 Å². The number of Topliss-reactive ketones (excluding diaryl/α,β-unsaturated/α-hetero) is 1. The standard InChI is InChI=1S/C31H48N6O7/c1-19(2)15-23(34-28(41)24(17-37(6)7)35-30(43)44-18-20-11-9-8-10-12-20)27(40)33-22(16-21-13-14-32-26(21)39)25(38)29(42)36-31(3,4)5/h8-12,19,21-24H,13-18H2,1-7H3,(H,32,39)(H,33,40)(H,34,41)(H,35,43)(H,36,42)/t21-,22-,23-,24-/m0/s1. The lowest BCUT2D eigenvalue weighted by molar-refractivity contribution is -0.142. The van der Waals surface area contributed by atoms with Gasteiger partial charge in [-0.2, -0.15) is 0 Å². The molecular formula is C31H48N6O7. The fourth-order valence-corrected chi connectivity index (χ4v) is 4.66. The molecular weight excluding hydrogens is 568 g/mol. The molecule has 1 aliphatic heterocycles. The van der Waals surface area contributed by atoms with Gasteiger partial charge < -0.3 is 36.2 Å². The van der Waals surface area contributed by atoms with Gasteiger partial charge in [0.2, 0.25) is 23.5 Å². The van der Waals surface area contributed by atoms with E-state index in [9.17, 15) is 28.8 Å². The van der Waals surface area contributed by atoms with Gasteiger partial charge in [-0.1, -0.05) is 44.2 Å². The summed E-state index contributed by atoms with van der Waals surface area (Å²) in [4.78, 5) is 79.5. The molecule has 244 valence electrons. The van der Waals surface area contributed by atoms with Gasteiger partial charge in [-0.15, -0.1) is 0 Å². The predicted molar refractivity (Wildman–Crippen MR) is 164 cm³/mol. The van der Waals surface area contributed by atoms with Crippen molar-refractivity contribution in [2.75, 3.05) is 27.2 Å². The Labute approximate surface area is 259 Å². The molecule has 5 amide bonds. The fraction of sp³-hybridized carbons (Fsp3) is 0.613. The van der Waals surface area contributed by atoms with E-state index in [0.717, 1.165) is 5.56 Å². The Morgan fingerprint density at radius 2 is 1.57 bits per heavy atom. The van der Waals surface area contributed by atoms with E-state index in [1.807, 2.05) is 32.0 Å². The van der Waals surface area contributed by atoms with E-state index in [0.29, 0.717) is 13.0 Å². The summed E-state index contributed by atoms with van der Waals surface area (Å²) < 4.78 is 5.28. The SMILES string of the molecule is CC(C)C[C@H](NC(=O)[C@H](CN(C)C)NC(=O)OCc1ccccc1)C(=O)N[C@@H](C[C@@H]1CCNC1=O)C(=O)C(=O)NC(C)(C)C. The molecule has 0 radical (unpaired) electrons. The molecule has 1 saturated heterocycles. The van der Waals surface area contributed by atoms with Crippen molar-refractivity contribution < 1.29 is 33.5 Å². The van der Waals surface area contributed by atoms with Crippen molar-refractivity contribution in [3.8, 4) is 0 Å². The Kier molecular flexibility index (Phi) is 13.8. The average molecular weight is 617 g/mol. The first-order valence-electron chi connectivity index (χ1n) is 14.9. The summed E-state index contributed by atoms with van der Waals surface area (Å²) in [6, 6.07) is 5.64. The van der Waals surface area contributed by atoms with Gasteiger partial charge in [-0.3, -0.25) is 24.0 Å². The normalized spacial score (nSPS) is 16.8. The Hall–Kier alpha value is -4.00. The molecule has 0 unspecified atom stereocenters. The first-order valence-corrected chi connectivity index (χ1v) is 14.9. The van der Waals surface area contributed by atoms with Crippen LogP contribution in [-0.4, -0.2) is 91.3 Å². The van der Waals surface area contributed by atoms with Crippen LogP contribution in [0, 0.1) is 11.8 Å². The molecule has 13 nitrogen and oxygen atoms in total. The lowest BCUT2D eigenvalue weighted by atomic mass is 9.94. The highest BCUT2D eigenvalue weighted by molar-refractivity contribution is 6.38. The van der Waals surface area contributed by atoms with Crippen LogP contribution in [0.25, 0.3) is 0 Å². The molecule has 0 saturated carbocycles. The predicted octanol–water partition coefficient (Wildman–Crippen LogP) is 0.869. The minimum Gasteiger partial charge on any atom is -0.445 e. The molecule has 1 heterocycles. The maximum atomic E-state index is 13.6. The molecule has 1 aliphatic rings. The van der Waals surface area contributed by atoms with Crippen LogP contribution in [0.1, 0.15) is 59.4 Å². The van der Waals surface area contributed by atoms with E-state index in [2.05, 4.69) is 26.6 Å².